The number of carbonyl (C=O) groups is 1. The third-order valence-corrected chi connectivity index (χ3v) is 5.03. The van der Waals surface area contributed by atoms with Gasteiger partial charge < -0.3 is 18.8 Å². The van der Waals surface area contributed by atoms with Crippen molar-refractivity contribution in [3.8, 4) is 22.8 Å². The molecule has 1 unspecified atom stereocenters. The summed E-state index contributed by atoms with van der Waals surface area (Å²) in [5, 5.41) is 0. The maximum Gasteiger partial charge on any atom is 0.223 e. The molecule has 0 radical (unpaired) electrons. The summed E-state index contributed by atoms with van der Waals surface area (Å²) in [7, 11) is 0. The summed E-state index contributed by atoms with van der Waals surface area (Å²) in [6.07, 6.45) is 1.57. The first kappa shape index (κ1) is 20.8. The number of oxazole rings is 1. The van der Waals surface area contributed by atoms with Gasteiger partial charge in [-0.05, 0) is 31.2 Å². The zero-order valence-electron chi connectivity index (χ0n) is 17.0. The predicted molar refractivity (Wildman–Crippen MR) is 109 cm³/mol. The normalized spacial score (nSPS) is 15.0. The van der Waals surface area contributed by atoms with Gasteiger partial charge >= 0.3 is 0 Å². The van der Waals surface area contributed by atoms with Crippen LogP contribution in [0.2, 0.25) is 0 Å². The van der Waals surface area contributed by atoms with Crippen molar-refractivity contribution in [2.24, 2.45) is 0 Å². The second-order valence-electron chi connectivity index (χ2n) is 7.17. The molecule has 31 heavy (non-hydrogen) atoms. The first-order valence-corrected chi connectivity index (χ1v) is 10.1. The van der Waals surface area contributed by atoms with Crippen LogP contribution in [0.5, 0.6) is 11.5 Å². The number of nitrogens with zero attached hydrogens (tertiary/aromatic N) is 2. The molecular formula is C23H22F2N2O4. The van der Waals surface area contributed by atoms with Crippen LogP contribution in [0.25, 0.3) is 11.3 Å². The van der Waals surface area contributed by atoms with Gasteiger partial charge in [-0.15, -0.1) is 0 Å². The number of para-hydroxylation sites is 2. The molecule has 2 aromatic carbocycles. The standard InChI is InChI=1S/C23H22F2N2O4/c1-2-27(13-16-14-29-19-5-3-4-6-20(19)30-16)23(28)10-9-22-26-12-21(31-22)17-8-7-15(24)11-18(17)25/h3-8,11-12,16H,2,9-10,13-14H2,1H3. The Labute approximate surface area is 178 Å². The molecule has 2 heterocycles. The minimum Gasteiger partial charge on any atom is -0.486 e. The Morgan fingerprint density at radius 2 is 2.00 bits per heavy atom. The molecule has 1 aliphatic heterocycles. The molecule has 0 saturated heterocycles. The number of hydrogen-bond acceptors (Lipinski definition) is 5. The first-order chi connectivity index (χ1) is 15.0. The zero-order valence-corrected chi connectivity index (χ0v) is 17.0. The summed E-state index contributed by atoms with van der Waals surface area (Å²) in [6.45, 7) is 3.20. The number of amides is 1. The Morgan fingerprint density at radius 3 is 2.77 bits per heavy atom. The molecule has 1 aliphatic rings. The molecule has 0 fully saturated rings. The number of ether oxygens (including phenoxy) is 2. The number of rotatable bonds is 7. The second kappa shape index (κ2) is 9.16. The van der Waals surface area contributed by atoms with Gasteiger partial charge in [-0.3, -0.25) is 4.79 Å². The summed E-state index contributed by atoms with van der Waals surface area (Å²) >= 11 is 0. The molecule has 0 spiro atoms. The highest BCUT2D eigenvalue weighted by Crippen LogP contribution is 2.31. The van der Waals surface area contributed by atoms with E-state index in [-0.39, 0.29) is 36.2 Å². The van der Waals surface area contributed by atoms with Gasteiger partial charge in [-0.2, -0.15) is 0 Å². The zero-order chi connectivity index (χ0) is 21.8. The fraction of sp³-hybridized carbons (Fsp3) is 0.304. The van der Waals surface area contributed by atoms with Crippen LogP contribution < -0.4 is 9.47 Å². The van der Waals surface area contributed by atoms with E-state index >= 15 is 0 Å². The van der Waals surface area contributed by atoms with Crippen LogP contribution in [-0.2, 0) is 11.2 Å². The van der Waals surface area contributed by atoms with Crippen molar-refractivity contribution >= 4 is 5.91 Å². The molecule has 0 aliphatic carbocycles. The van der Waals surface area contributed by atoms with Gasteiger partial charge in [0, 0.05) is 25.5 Å². The molecule has 1 amide bonds. The topological polar surface area (TPSA) is 64.8 Å². The van der Waals surface area contributed by atoms with E-state index in [2.05, 4.69) is 4.98 Å². The van der Waals surface area contributed by atoms with E-state index in [0.717, 1.165) is 12.1 Å². The summed E-state index contributed by atoms with van der Waals surface area (Å²) in [6, 6.07) is 10.7. The van der Waals surface area contributed by atoms with E-state index in [4.69, 9.17) is 13.9 Å². The third kappa shape index (κ3) is 4.84. The molecule has 1 atom stereocenters. The molecule has 1 aromatic heterocycles. The molecule has 0 saturated carbocycles. The van der Waals surface area contributed by atoms with Crippen molar-refractivity contribution in [2.45, 2.75) is 25.9 Å². The summed E-state index contributed by atoms with van der Waals surface area (Å²) in [5.41, 5.74) is 0.122. The van der Waals surface area contributed by atoms with E-state index in [1.807, 2.05) is 31.2 Å². The average molecular weight is 428 g/mol. The average Bonchev–Trinajstić information content (AvgIpc) is 3.24. The van der Waals surface area contributed by atoms with Crippen LogP contribution in [0, 0.1) is 11.6 Å². The lowest BCUT2D eigenvalue weighted by atomic mass is 10.2. The summed E-state index contributed by atoms with van der Waals surface area (Å²) in [5.74, 6) is 0.410. The molecule has 162 valence electrons. The van der Waals surface area contributed by atoms with E-state index in [0.29, 0.717) is 37.1 Å². The second-order valence-corrected chi connectivity index (χ2v) is 7.17. The highest BCUT2D eigenvalue weighted by molar-refractivity contribution is 5.76. The summed E-state index contributed by atoms with van der Waals surface area (Å²) < 4.78 is 44.2. The molecule has 0 bridgehead atoms. The highest BCUT2D eigenvalue weighted by Gasteiger charge is 2.25. The monoisotopic (exact) mass is 428 g/mol. The van der Waals surface area contributed by atoms with E-state index in [1.54, 1.807) is 4.90 Å². The Kier molecular flexibility index (Phi) is 6.16. The summed E-state index contributed by atoms with van der Waals surface area (Å²) in [4.78, 5) is 18.5. The Balaban J connectivity index is 1.33. The van der Waals surface area contributed by atoms with Crippen LogP contribution in [0.15, 0.2) is 53.1 Å². The lowest BCUT2D eigenvalue weighted by molar-refractivity contribution is -0.132. The van der Waals surface area contributed by atoms with Crippen LogP contribution in [0.3, 0.4) is 0 Å². The first-order valence-electron chi connectivity index (χ1n) is 10.1. The van der Waals surface area contributed by atoms with E-state index in [9.17, 15) is 13.6 Å². The number of halogens is 2. The van der Waals surface area contributed by atoms with Gasteiger partial charge in [0.15, 0.2) is 29.3 Å². The number of aromatic nitrogens is 1. The number of likely N-dealkylation sites (N-methyl/N-ethyl adjacent to an activating group) is 1. The van der Waals surface area contributed by atoms with Crippen LogP contribution >= 0.6 is 0 Å². The number of fused-ring (bicyclic) bond motifs is 1. The van der Waals surface area contributed by atoms with Crippen LogP contribution in [0.4, 0.5) is 8.78 Å². The number of benzene rings is 2. The maximum absolute atomic E-state index is 13.9. The minimum absolute atomic E-state index is 0.0716. The lowest BCUT2D eigenvalue weighted by Crippen LogP contribution is -2.43. The predicted octanol–water partition coefficient (Wildman–Crippen LogP) is 4.24. The smallest absolute Gasteiger partial charge is 0.223 e. The van der Waals surface area contributed by atoms with Gasteiger partial charge in [0.2, 0.25) is 5.91 Å². The molecule has 0 N–H and O–H groups in total. The van der Waals surface area contributed by atoms with Crippen molar-refractivity contribution < 1.29 is 27.5 Å². The van der Waals surface area contributed by atoms with Gasteiger partial charge in [0.1, 0.15) is 18.2 Å². The highest BCUT2D eigenvalue weighted by atomic mass is 19.1. The number of hydrogen-bond donors (Lipinski definition) is 0. The maximum atomic E-state index is 13.9. The van der Waals surface area contributed by atoms with Gasteiger partial charge in [0.05, 0.1) is 18.3 Å². The minimum atomic E-state index is -0.729. The lowest BCUT2D eigenvalue weighted by Gasteiger charge is -2.30. The molecule has 4 rings (SSSR count). The Hall–Kier alpha value is -3.42. The fourth-order valence-corrected chi connectivity index (χ4v) is 3.42. The van der Waals surface area contributed by atoms with Crippen molar-refractivity contribution in [1.29, 1.82) is 0 Å². The van der Waals surface area contributed by atoms with E-state index in [1.165, 1.54) is 12.3 Å². The fourth-order valence-electron chi connectivity index (χ4n) is 3.42. The van der Waals surface area contributed by atoms with Gasteiger partial charge in [-0.1, -0.05) is 12.1 Å². The number of carbonyl (C=O) groups excluding carboxylic acids is 1. The van der Waals surface area contributed by atoms with Crippen molar-refractivity contribution in [3.63, 3.8) is 0 Å². The molecule has 6 nitrogen and oxygen atoms in total. The molecular weight excluding hydrogens is 406 g/mol. The number of aryl methyl sites for hydroxylation is 1. The Bertz CT molecular complexity index is 1070. The largest absolute Gasteiger partial charge is 0.486 e. The van der Waals surface area contributed by atoms with E-state index < -0.39 is 11.6 Å². The molecule has 8 heteroatoms. The Morgan fingerprint density at radius 1 is 1.19 bits per heavy atom. The SMILES string of the molecule is CCN(CC1COc2ccccc2O1)C(=O)CCc1ncc(-c2ccc(F)cc2F)o1. The van der Waals surface area contributed by atoms with Crippen LogP contribution in [0.1, 0.15) is 19.2 Å². The quantitative estimate of drug-likeness (QED) is 0.563. The van der Waals surface area contributed by atoms with Gasteiger partial charge in [-0.25, -0.2) is 13.8 Å². The van der Waals surface area contributed by atoms with Crippen LogP contribution in [-0.4, -0.2) is 41.6 Å². The van der Waals surface area contributed by atoms with Crippen molar-refractivity contribution in [2.75, 3.05) is 19.7 Å². The third-order valence-electron chi connectivity index (χ3n) is 5.03. The van der Waals surface area contributed by atoms with Crippen molar-refractivity contribution in [3.05, 3.63) is 66.2 Å². The molecule has 3 aromatic rings. The van der Waals surface area contributed by atoms with Crippen molar-refractivity contribution in [1.82, 2.24) is 9.88 Å². The van der Waals surface area contributed by atoms with Gasteiger partial charge in [0.25, 0.3) is 0 Å².